The molecular formula is C33H39N7O4. The Bertz CT molecular complexity index is 1580. The van der Waals surface area contributed by atoms with Gasteiger partial charge in [0.15, 0.2) is 0 Å². The number of aromatic nitrogens is 4. The first-order valence-corrected chi connectivity index (χ1v) is 15.1. The molecule has 4 unspecified atom stereocenters. The predicted molar refractivity (Wildman–Crippen MR) is 166 cm³/mol. The van der Waals surface area contributed by atoms with Crippen LogP contribution in [0.5, 0.6) is 0 Å². The number of hydrogen-bond acceptors (Lipinski definition) is 7. The number of likely N-dealkylation sites (tertiary alicyclic amines) is 1. The molecule has 11 heteroatoms. The van der Waals surface area contributed by atoms with Crippen molar-refractivity contribution in [1.82, 2.24) is 35.5 Å². The number of ether oxygens (including phenoxy) is 2. The first-order valence-electron chi connectivity index (χ1n) is 15.1. The van der Waals surface area contributed by atoms with E-state index in [1.807, 2.05) is 19.3 Å². The van der Waals surface area contributed by atoms with Crippen LogP contribution in [0.4, 0.5) is 4.79 Å². The number of aromatic amines is 2. The number of hydrogen-bond donors (Lipinski definition) is 4. The van der Waals surface area contributed by atoms with Gasteiger partial charge in [-0.2, -0.15) is 0 Å². The second-order valence-electron chi connectivity index (χ2n) is 11.6. The second-order valence-corrected chi connectivity index (χ2v) is 11.6. The number of nitrogens with one attached hydrogen (secondary N) is 4. The van der Waals surface area contributed by atoms with Crippen molar-refractivity contribution in [1.29, 1.82) is 0 Å². The highest BCUT2D eigenvalue weighted by Crippen LogP contribution is 2.36. The van der Waals surface area contributed by atoms with E-state index in [0.717, 1.165) is 77.7 Å². The van der Waals surface area contributed by atoms with Gasteiger partial charge in [-0.15, -0.1) is 0 Å². The second kappa shape index (κ2) is 13.0. The zero-order valence-electron chi connectivity index (χ0n) is 25.3. The van der Waals surface area contributed by atoms with Crippen molar-refractivity contribution in [3.05, 3.63) is 72.6 Å². The van der Waals surface area contributed by atoms with Crippen LogP contribution in [-0.2, 0) is 14.3 Å². The summed E-state index contributed by atoms with van der Waals surface area (Å²) in [7, 11) is 3.03. The van der Waals surface area contributed by atoms with E-state index < -0.39 is 6.09 Å². The Morgan fingerprint density at radius 3 is 2.09 bits per heavy atom. The summed E-state index contributed by atoms with van der Waals surface area (Å²) in [6.45, 7) is 3.62. The lowest BCUT2D eigenvalue weighted by atomic mass is 10.0. The Morgan fingerprint density at radius 2 is 1.48 bits per heavy atom. The smallest absolute Gasteiger partial charge is 0.407 e. The van der Waals surface area contributed by atoms with Crippen molar-refractivity contribution >= 4 is 12.0 Å². The maximum atomic E-state index is 12.9. The quantitative estimate of drug-likeness (QED) is 0.217. The molecule has 44 heavy (non-hydrogen) atoms. The Labute approximate surface area is 256 Å². The zero-order chi connectivity index (χ0) is 30.6. The summed E-state index contributed by atoms with van der Waals surface area (Å²) in [6.07, 6.45) is 5.79. The van der Waals surface area contributed by atoms with Crippen LogP contribution in [-0.4, -0.2) is 76.8 Å². The lowest BCUT2D eigenvalue weighted by Gasteiger charge is -2.27. The van der Waals surface area contributed by atoms with Gasteiger partial charge in [0.05, 0.1) is 49.6 Å². The number of carbonyl (C=O) groups is 2. The molecule has 2 aromatic carbocycles. The van der Waals surface area contributed by atoms with Crippen molar-refractivity contribution in [2.45, 2.75) is 44.3 Å². The average molecular weight is 598 g/mol. The summed E-state index contributed by atoms with van der Waals surface area (Å²) >= 11 is 0. The van der Waals surface area contributed by atoms with Crippen LogP contribution < -0.4 is 10.6 Å². The molecule has 4 aromatic rings. The molecule has 2 amide bonds. The molecule has 0 aliphatic carbocycles. The van der Waals surface area contributed by atoms with Crippen molar-refractivity contribution in [2.75, 3.05) is 33.9 Å². The number of imidazole rings is 2. The Morgan fingerprint density at radius 1 is 0.886 bits per heavy atom. The molecule has 230 valence electrons. The van der Waals surface area contributed by atoms with Gasteiger partial charge in [0.1, 0.15) is 18.2 Å². The minimum atomic E-state index is -0.623. The summed E-state index contributed by atoms with van der Waals surface area (Å²) in [6, 6.07) is 17.0. The number of methoxy groups -OCH3 is 2. The molecule has 2 aromatic heterocycles. The van der Waals surface area contributed by atoms with Gasteiger partial charge in [0.25, 0.3) is 0 Å². The SMILES string of the molecule is COCC1CNC(c2ncc(-c3ccc(-c4ccc(-c5cnc(C6CCC(C)N6C(=O)CNC(=O)OC)[nH]5)cc4)cc3)[nH]2)C1. The Hall–Kier alpha value is -4.48. The van der Waals surface area contributed by atoms with Gasteiger partial charge < -0.3 is 35.0 Å². The summed E-state index contributed by atoms with van der Waals surface area (Å²) in [5.74, 6) is 2.07. The summed E-state index contributed by atoms with van der Waals surface area (Å²) < 4.78 is 9.90. The molecular weight excluding hydrogens is 558 g/mol. The van der Waals surface area contributed by atoms with Crippen LogP contribution >= 0.6 is 0 Å². The molecule has 0 saturated carbocycles. The first-order chi connectivity index (χ1) is 21.4. The normalized spacial score (nSPS) is 21.5. The highest BCUT2D eigenvalue weighted by atomic mass is 16.5. The average Bonchev–Trinajstić information content (AvgIpc) is 3.87. The summed E-state index contributed by atoms with van der Waals surface area (Å²) in [5, 5.41) is 6.03. The molecule has 2 aliphatic rings. The number of alkyl carbamates (subject to hydrolysis) is 1. The maximum Gasteiger partial charge on any atom is 0.407 e. The fraction of sp³-hybridized carbons (Fsp3) is 0.394. The third kappa shape index (κ3) is 6.24. The van der Waals surface area contributed by atoms with Crippen molar-refractivity contribution < 1.29 is 19.1 Å². The summed E-state index contributed by atoms with van der Waals surface area (Å²) in [4.78, 5) is 42.4. The van der Waals surface area contributed by atoms with Crippen molar-refractivity contribution in [2.24, 2.45) is 5.92 Å². The highest BCUT2D eigenvalue weighted by Gasteiger charge is 2.37. The largest absolute Gasteiger partial charge is 0.453 e. The maximum absolute atomic E-state index is 12.9. The Balaban J connectivity index is 1.10. The van der Waals surface area contributed by atoms with Crippen LogP contribution in [0.15, 0.2) is 60.9 Å². The van der Waals surface area contributed by atoms with E-state index in [9.17, 15) is 9.59 Å². The van der Waals surface area contributed by atoms with E-state index in [-0.39, 0.29) is 30.6 Å². The van der Waals surface area contributed by atoms with Crippen LogP contribution in [0.1, 0.15) is 49.9 Å². The van der Waals surface area contributed by atoms with Crippen LogP contribution in [0.25, 0.3) is 33.6 Å². The van der Waals surface area contributed by atoms with Gasteiger partial charge in [0, 0.05) is 19.7 Å². The molecule has 4 atom stereocenters. The van der Waals surface area contributed by atoms with Crippen LogP contribution in [0.3, 0.4) is 0 Å². The fourth-order valence-electron chi connectivity index (χ4n) is 6.36. The van der Waals surface area contributed by atoms with Crippen LogP contribution in [0.2, 0.25) is 0 Å². The lowest BCUT2D eigenvalue weighted by Crippen LogP contribution is -2.43. The monoisotopic (exact) mass is 597 g/mol. The minimum absolute atomic E-state index is 0.0552. The molecule has 6 rings (SSSR count). The number of benzene rings is 2. The number of rotatable bonds is 9. The zero-order valence-corrected chi connectivity index (χ0v) is 25.3. The molecule has 2 fully saturated rings. The van der Waals surface area contributed by atoms with E-state index in [2.05, 4.69) is 83.8 Å². The molecule has 0 radical (unpaired) electrons. The van der Waals surface area contributed by atoms with Gasteiger partial charge in [-0.3, -0.25) is 4.79 Å². The van der Waals surface area contributed by atoms with Gasteiger partial charge in [-0.05, 0) is 54.4 Å². The first kappa shape index (κ1) is 29.6. The molecule has 0 spiro atoms. The van der Waals surface area contributed by atoms with Gasteiger partial charge in [-0.25, -0.2) is 14.8 Å². The van der Waals surface area contributed by atoms with E-state index >= 15 is 0 Å². The minimum Gasteiger partial charge on any atom is -0.453 e. The van der Waals surface area contributed by atoms with Crippen molar-refractivity contribution in [3.8, 4) is 33.6 Å². The molecule has 2 saturated heterocycles. The van der Waals surface area contributed by atoms with E-state index in [0.29, 0.717) is 5.92 Å². The van der Waals surface area contributed by atoms with E-state index in [4.69, 9.17) is 4.74 Å². The third-order valence-corrected chi connectivity index (χ3v) is 8.71. The van der Waals surface area contributed by atoms with Crippen molar-refractivity contribution in [3.63, 3.8) is 0 Å². The number of nitrogens with zero attached hydrogens (tertiary/aromatic N) is 3. The van der Waals surface area contributed by atoms with E-state index in [1.54, 1.807) is 12.0 Å². The summed E-state index contributed by atoms with van der Waals surface area (Å²) in [5.41, 5.74) is 6.24. The number of H-pyrrole nitrogens is 2. The van der Waals surface area contributed by atoms with Gasteiger partial charge in [0.2, 0.25) is 5.91 Å². The number of amides is 2. The third-order valence-electron chi connectivity index (χ3n) is 8.71. The highest BCUT2D eigenvalue weighted by molar-refractivity contribution is 5.83. The predicted octanol–water partition coefficient (Wildman–Crippen LogP) is 4.84. The van der Waals surface area contributed by atoms with Gasteiger partial charge in [-0.1, -0.05) is 48.5 Å². The topological polar surface area (TPSA) is 137 Å². The molecule has 4 heterocycles. The molecule has 0 bridgehead atoms. The lowest BCUT2D eigenvalue weighted by molar-refractivity contribution is -0.133. The number of carbonyl (C=O) groups excluding carboxylic acids is 2. The molecule has 11 nitrogen and oxygen atoms in total. The fourth-order valence-corrected chi connectivity index (χ4v) is 6.36. The van der Waals surface area contributed by atoms with Gasteiger partial charge >= 0.3 is 6.09 Å². The van der Waals surface area contributed by atoms with Crippen LogP contribution in [0, 0.1) is 5.92 Å². The Kier molecular flexibility index (Phi) is 8.76. The van der Waals surface area contributed by atoms with E-state index in [1.165, 1.54) is 7.11 Å². The molecule has 4 N–H and O–H groups in total. The standard InChI is InChI=1S/C33H39N7O4/c1-20-4-13-29(40(20)30(41)18-37-33(42)44-3)32-36-17-28(39-32)25-11-7-23(8-12-25)22-5-9-24(10-6-22)27-16-35-31(38-27)26-14-21(15-34-26)19-43-2/h5-12,16-17,20-21,26,29,34H,4,13-15,18-19H2,1-3H3,(H,35,38)(H,36,39)(H,37,42). The molecule has 2 aliphatic heterocycles.